The SMILES string of the molecule is COc1cc(OC)cc(C(=O)N(CCN2CCOCC2)CC(=O)N(Cc2ccc(F)cc2)Cc2ccc(C)o2)c1. The number of morpholine rings is 1. The fourth-order valence-corrected chi connectivity index (χ4v) is 4.52. The van der Waals surface area contributed by atoms with Crippen molar-refractivity contribution in [1.29, 1.82) is 0 Å². The number of ether oxygens (including phenoxy) is 3. The van der Waals surface area contributed by atoms with Gasteiger partial charge in [-0.2, -0.15) is 0 Å². The van der Waals surface area contributed by atoms with Gasteiger partial charge in [0.1, 0.15) is 35.4 Å². The average molecular weight is 554 g/mol. The Kier molecular flexibility index (Phi) is 10.2. The lowest BCUT2D eigenvalue weighted by Gasteiger charge is -2.31. The van der Waals surface area contributed by atoms with Gasteiger partial charge >= 0.3 is 0 Å². The van der Waals surface area contributed by atoms with E-state index < -0.39 is 0 Å². The summed E-state index contributed by atoms with van der Waals surface area (Å²) in [6, 6.07) is 14.6. The molecule has 0 atom stereocenters. The minimum atomic E-state index is -0.350. The zero-order valence-electron chi connectivity index (χ0n) is 23.2. The van der Waals surface area contributed by atoms with Gasteiger partial charge in [0.15, 0.2) is 0 Å². The van der Waals surface area contributed by atoms with E-state index in [0.29, 0.717) is 49.1 Å². The summed E-state index contributed by atoms with van der Waals surface area (Å²) in [4.78, 5) is 33.0. The van der Waals surface area contributed by atoms with Crippen LogP contribution in [0.1, 0.15) is 27.4 Å². The number of benzene rings is 2. The molecule has 2 heterocycles. The first-order valence-electron chi connectivity index (χ1n) is 13.2. The molecule has 2 aromatic carbocycles. The van der Waals surface area contributed by atoms with Crippen LogP contribution in [-0.4, -0.2) is 86.7 Å². The molecule has 0 radical (unpaired) electrons. The summed E-state index contributed by atoms with van der Waals surface area (Å²) in [5.41, 5.74) is 1.12. The van der Waals surface area contributed by atoms with Gasteiger partial charge in [-0.25, -0.2) is 4.39 Å². The van der Waals surface area contributed by atoms with Crippen molar-refractivity contribution in [2.24, 2.45) is 0 Å². The number of furan rings is 1. The third-order valence-electron chi connectivity index (χ3n) is 6.78. The Labute approximate surface area is 234 Å². The van der Waals surface area contributed by atoms with Crippen LogP contribution in [0.3, 0.4) is 0 Å². The minimum Gasteiger partial charge on any atom is -0.497 e. The second-order valence-electron chi connectivity index (χ2n) is 9.67. The highest BCUT2D eigenvalue weighted by atomic mass is 19.1. The van der Waals surface area contributed by atoms with E-state index in [2.05, 4.69) is 4.90 Å². The average Bonchev–Trinajstić information content (AvgIpc) is 3.39. The topological polar surface area (TPSA) is 84.7 Å². The van der Waals surface area contributed by atoms with Crippen LogP contribution in [0.2, 0.25) is 0 Å². The van der Waals surface area contributed by atoms with Crippen molar-refractivity contribution in [1.82, 2.24) is 14.7 Å². The van der Waals surface area contributed by atoms with Crippen LogP contribution in [0.4, 0.5) is 4.39 Å². The molecule has 0 bridgehead atoms. The number of hydrogen-bond donors (Lipinski definition) is 0. The first-order valence-corrected chi connectivity index (χ1v) is 13.2. The maximum absolute atomic E-state index is 13.8. The van der Waals surface area contributed by atoms with Crippen LogP contribution in [0, 0.1) is 12.7 Å². The zero-order valence-corrected chi connectivity index (χ0v) is 23.2. The molecule has 1 saturated heterocycles. The Hall–Kier alpha value is -3.89. The lowest BCUT2D eigenvalue weighted by molar-refractivity contribution is -0.133. The standard InChI is InChI=1S/C30H36FN3O6/c1-22-4-9-26(40-22)20-34(19-23-5-7-25(31)8-6-23)29(35)21-33(11-10-32-12-14-39-15-13-32)30(36)24-16-27(37-2)18-28(17-24)38-3/h4-9,16-18H,10-15,19-21H2,1-3H3. The van der Waals surface area contributed by atoms with Crippen LogP contribution in [0.15, 0.2) is 59.0 Å². The summed E-state index contributed by atoms with van der Waals surface area (Å²) in [6.45, 7) is 5.86. The van der Waals surface area contributed by atoms with Crippen LogP contribution in [-0.2, 0) is 22.6 Å². The Morgan fingerprint density at radius 3 is 2.20 bits per heavy atom. The maximum atomic E-state index is 13.8. The number of methoxy groups -OCH3 is 2. The van der Waals surface area contributed by atoms with Gasteiger partial charge in [-0.1, -0.05) is 12.1 Å². The Morgan fingerprint density at radius 1 is 0.925 bits per heavy atom. The normalized spacial score (nSPS) is 13.6. The van der Waals surface area contributed by atoms with Gasteiger partial charge < -0.3 is 28.4 Å². The lowest BCUT2D eigenvalue weighted by Crippen LogP contribution is -2.47. The molecule has 40 heavy (non-hydrogen) atoms. The van der Waals surface area contributed by atoms with Gasteiger partial charge in [0.05, 0.1) is 34.0 Å². The van der Waals surface area contributed by atoms with Crippen LogP contribution in [0.5, 0.6) is 11.5 Å². The van der Waals surface area contributed by atoms with Crippen molar-refractivity contribution in [3.05, 3.63) is 83.1 Å². The molecule has 9 nitrogen and oxygen atoms in total. The van der Waals surface area contributed by atoms with E-state index in [4.69, 9.17) is 18.6 Å². The smallest absolute Gasteiger partial charge is 0.254 e. The van der Waals surface area contributed by atoms with E-state index >= 15 is 0 Å². The van der Waals surface area contributed by atoms with E-state index in [1.54, 1.807) is 40.1 Å². The van der Waals surface area contributed by atoms with Crippen molar-refractivity contribution in [2.45, 2.75) is 20.0 Å². The molecular formula is C30H36FN3O6. The molecule has 1 fully saturated rings. The van der Waals surface area contributed by atoms with Crippen LogP contribution < -0.4 is 9.47 Å². The largest absolute Gasteiger partial charge is 0.497 e. The highest BCUT2D eigenvalue weighted by Crippen LogP contribution is 2.24. The quantitative estimate of drug-likeness (QED) is 0.338. The lowest BCUT2D eigenvalue weighted by atomic mass is 10.1. The summed E-state index contributed by atoms with van der Waals surface area (Å²) < 4.78 is 35.4. The molecule has 10 heteroatoms. The number of halogens is 1. The molecule has 0 aliphatic carbocycles. The molecule has 0 unspecified atom stereocenters. The van der Waals surface area contributed by atoms with Crippen molar-refractivity contribution >= 4 is 11.8 Å². The summed E-state index contributed by atoms with van der Waals surface area (Å²) in [5.74, 6) is 1.39. The van der Waals surface area contributed by atoms with Gasteiger partial charge in [0.2, 0.25) is 5.91 Å². The zero-order chi connectivity index (χ0) is 28.5. The first kappa shape index (κ1) is 29.1. The monoisotopic (exact) mass is 553 g/mol. The number of nitrogens with zero attached hydrogens (tertiary/aromatic N) is 3. The fraction of sp³-hybridized carbons (Fsp3) is 0.400. The van der Waals surface area contributed by atoms with E-state index in [-0.39, 0.29) is 37.3 Å². The molecule has 1 aliphatic heterocycles. The Morgan fingerprint density at radius 2 is 1.60 bits per heavy atom. The molecule has 0 saturated carbocycles. The van der Waals surface area contributed by atoms with Gasteiger partial charge in [0, 0.05) is 44.4 Å². The second kappa shape index (κ2) is 14.0. The number of rotatable bonds is 12. The molecule has 214 valence electrons. The van der Waals surface area contributed by atoms with Gasteiger partial charge in [-0.15, -0.1) is 0 Å². The van der Waals surface area contributed by atoms with E-state index in [9.17, 15) is 14.0 Å². The van der Waals surface area contributed by atoms with Crippen molar-refractivity contribution in [3.63, 3.8) is 0 Å². The van der Waals surface area contributed by atoms with Crippen LogP contribution in [0.25, 0.3) is 0 Å². The molecule has 2 amide bonds. The van der Waals surface area contributed by atoms with Crippen LogP contribution >= 0.6 is 0 Å². The second-order valence-corrected chi connectivity index (χ2v) is 9.67. The number of carbonyl (C=O) groups is 2. The summed E-state index contributed by atoms with van der Waals surface area (Å²) in [7, 11) is 3.04. The van der Waals surface area contributed by atoms with E-state index in [0.717, 1.165) is 24.4 Å². The molecule has 1 aliphatic rings. The molecule has 3 aromatic rings. The third-order valence-corrected chi connectivity index (χ3v) is 6.78. The number of aryl methyl sites for hydroxylation is 1. The summed E-state index contributed by atoms with van der Waals surface area (Å²) in [6.07, 6.45) is 0. The summed E-state index contributed by atoms with van der Waals surface area (Å²) >= 11 is 0. The van der Waals surface area contributed by atoms with Crippen molar-refractivity contribution in [3.8, 4) is 11.5 Å². The number of carbonyl (C=O) groups excluding carboxylic acids is 2. The molecule has 1 aromatic heterocycles. The van der Waals surface area contributed by atoms with Crippen molar-refractivity contribution in [2.75, 3.05) is 60.2 Å². The predicted octanol–water partition coefficient (Wildman–Crippen LogP) is 3.75. The van der Waals surface area contributed by atoms with E-state index in [1.807, 2.05) is 19.1 Å². The summed E-state index contributed by atoms with van der Waals surface area (Å²) in [5, 5.41) is 0. The van der Waals surface area contributed by atoms with E-state index in [1.165, 1.54) is 26.4 Å². The highest BCUT2D eigenvalue weighted by Gasteiger charge is 2.25. The third kappa shape index (κ3) is 8.06. The predicted molar refractivity (Wildman–Crippen MR) is 147 cm³/mol. The number of hydrogen-bond acceptors (Lipinski definition) is 7. The fourth-order valence-electron chi connectivity index (χ4n) is 4.52. The highest BCUT2D eigenvalue weighted by molar-refractivity contribution is 5.97. The molecule has 4 rings (SSSR count). The molecular weight excluding hydrogens is 517 g/mol. The molecule has 0 N–H and O–H groups in total. The molecule has 0 spiro atoms. The minimum absolute atomic E-state index is 0.149. The Balaban J connectivity index is 1.58. The first-order chi connectivity index (χ1) is 19.3. The van der Waals surface area contributed by atoms with Gasteiger partial charge in [-0.05, 0) is 48.9 Å². The Bertz CT molecular complexity index is 1250. The van der Waals surface area contributed by atoms with Gasteiger partial charge in [-0.3, -0.25) is 14.5 Å². The van der Waals surface area contributed by atoms with Crippen molar-refractivity contribution < 1.29 is 32.6 Å². The number of amides is 2. The van der Waals surface area contributed by atoms with Gasteiger partial charge in [0.25, 0.3) is 5.91 Å². The maximum Gasteiger partial charge on any atom is 0.254 e.